The van der Waals surface area contributed by atoms with E-state index in [0.29, 0.717) is 5.56 Å². The maximum Gasteiger partial charge on any atom is 0.126 e. The lowest BCUT2D eigenvalue weighted by Crippen LogP contribution is -2.01. The van der Waals surface area contributed by atoms with Crippen LogP contribution in [0.15, 0.2) is 24.3 Å². The van der Waals surface area contributed by atoms with Crippen LogP contribution >= 0.6 is 11.3 Å². The van der Waals surface area contributed by atoms with Crippen molar-refractivity contribution in [3.8, 4) is 10.4 Å². The van der Waals surface area contributed by atoms with Crippen molar-refractivity contribution in [1.29, 1.82) is 0 Å². The van der Waals surface area contributed by atoms with Crippen molar-refractivity contribution in [3.05, 3.63) is 46.1 Å². The van der Waals surface area contributed by atoms with E-state index in [1.54, 1.807) is 18.3 Å². The summed E-state index contributed by atoms with van der Waals surface area (Å²) in [6.45, 7) is 5.83. The molecule has 0 radical (unpaired) electrons. The van der Waals surface area contributed by atoms with Gasteiger partial charge in [-0.2, -0.15) is 0 Å². The molecule has 0 aliphatic rings. The third-order valence-electron chi connectivity index (χ3n) is 2.81. The van der Waals surface area contributed by atoms with Crippen LogP contribution in [0.3, 0.4) is 0 Å². The molecule has 1 aromatic heterocycles. The zero-order valence-electron chi connectivity index (χ0n) is 10.3. The molecule has 0 aliphatic heterocycles. The van der Waals surface area contributed by atoms with E-state index in [-0.39, 0.29) is 11.9 Å². The second-order valence-electron chi connectivity index (χ2n) is 4.41. The van der Waals surface area contributed by atoms with Crippen LogP contribution in [0.2, 0.25) is 0 Å². The zero-order chi connectivity index (χ0) is 12.6. The predicted octanol–water partition coefficient (Wildman–Crippen LogP) is 4.19. The van der Waals surface area contributed by atoms with Gasteiger partial charge < -0.3 is 5.73 Å². The summed E-state index contributed by atoms with van der Waals surface area (Å²) in [5.74, 6) is -0.157. The van der Waals surface area contributed by atoms with Gasteiger partial charge in [-0.15, -0.1) is 11.3 Å². The number of benzene rings is 1. The number of thiophene rings is 1. The maximum absolute atomic E-state index is 13.2. The van der Waals surface area contributed by atoms with Crippen LogP contribution in [0.25, 0.3) is 10.4 Å². The highest BCUT2D eigenvalue weighted by Gasteiger charge is 2.11. The van der Waals surface area contributed by atoms with E-state index in [9.17, 15) is 4.39 Å². The summed E-state index contributed by atoms with van der Waals surface area (Å²) >= 11 is 1.69. The zero-order valence-corrected chi connectivity index (χ0v) is 11.1. The smallest absolute Gasteiger partial charge is 0.126 e. The minimum absolute atomic E-state index is 0.0500. The third-order valence-corrected chi connectivity index (χ3v) is 4.29. The van der Waals surface area contributed by atoms with E-state index >= 15 is 0 Å². The van der Waals surface area contributed by atoms with Gasteiger partial charge in [0.05, 0.1) is 0 Å². The van der Waals surface area contributed by atoms with Crippen molar-refractivity contribution in [2.24, 2.45) is 5.73 Å². The van der Waals surface area contributed by atoms with Gasteiger partial charge >= 0.3 is 0 Å². The summed E-state index contributed by atoms with van der Waals surface area (Å²) < 4.78 is 13.2. The van der Waals surface area contributed by atoms with Crippen LogP contribution in [0, 0.1) is 19.7 Å². The van der Waals surface area contributed by atoms with Crippen molar-refractivity contribution in [3.63, 3.8) is 0 Å². The third kappa shape index (κ3) is 2.40. The molecule has 1 atom stereocenters. The van der Waals surface area contributed by atoms with Gasteiger partial charge in [0.1, 0.15) is 5.82 Å². The molecule has 0 aliphatic carbocycles. The van der Waals surface area contributed by atoms with Gasteiger partial charge in [-0.1, -0.05) is 6.07 Å². The number of halogens is 1. The second-order valence-corrected chi connectivity index (χ2v) is 5.50. The van der Waals surface area contributed by atoms with Crippen LogP contribution in [0.5, 0.6) is 0 Å². The summed E-state index contributed by atoms with van der Waals surface area (Å²) in [5, 5.41) is 0. The lowest BCUT2D eigenvalue weighted by Gasteiger charge is -2.03. The number of aryl methyl sites for hydroxylation is 2. The Hall–Kier alpha value is -1.19. The summed E-state index contributed by atoms with van der Waals surface area (Å²) in [5.41, 5.74) is 8.83. The Kier molecular flexibility index (Phi) is 3.31. The first-order valence-corrected chi connectivity index (χ1v) is 6.43. The Morgan fingerprint density at radius 3 is 2.41 bits per heavy atom. The molecule has 0 fully saturated rings. The molecule has 17 heavy (non-hydrogen) atoms. The van der Waals surface area contributed by atoms with E-state index in [1.807, 2.05) is 19.1 Å². The first-order chi connectivity index (χ1) is 7.99. The fourth-order valence-corrected chi connectivity index (χ4v) is 2.93. The Morgan fingerprint density at radius 2 is 1.88 bits per heavy atom. The monoisotopic (exact) mass is 249 g/mol. The van der Waals surface area contributed by atoms with Gasteiger partial charge in [-0.25, -0.2) is 4.39 Å². The minimum Gasteiger partial charge on any atom is -0.324 e. The van der Waals surface area contributed by atoms with Gasteiger partial charge in [-0.05, 0) is 55.7 Å². The Labute approximate surface area is 105 Å². The topological polar surface area (TPSA) is 26.0 Å². The summed E-state index contributed by atoms with van der Waals surface area (Å²) in [4.78, 5) is 2.35. The summed E-state index contributed by atoms with van der Waals surface area (Å²) in [6, 6.07) is 7.40. The lowest BCUT2D eigenvalue weighted by atomic mass is 10.1. The van der Waals surface area contributed by atoms with Gasteiger partial charge in [0.25, 0.3) is 0 Å². The van der Waals surface area contributed by atoms with Crippen molar-refractivity contribution < 1.29 is 4.39 Å². The largest absolute Gasteiger partial charge is 0.324 e. The van der Waals surface area contributed by atoms with Crippen LogP contribution in [0.1, 0.15) is 29.0 Å². The molecular weight excluding hydrogens is 233 g/mol. The van der Waals surface area contributed by atoms with E-state index in [0.717, 1.165) is 5.56 Å². The van der Waals surface area contributed by atoms with Crippen molar-refractivity contribution in [1.82, 2.24) is 0 Å². The molecule has 2 N–H and O–H groups in total. The quantitative estimate of drug-likeness (QED) is 0.848. The highest BCUT2D eigenvalue weighted by Crippen LogP contribution is 2.35. The molecule has 1 aromatic carbocycles. The molecule has 0 saturated heterocycles. The van der Waals surface area contributed by atoms with Gasteiger partial charge in [0, 0.05) is 15.8 Å². The molecular formula is C14H16FNS. The molecule has 1 unspecified atom stereocenters. The molecule has 0 amide bonds. The molecule has 3 heteroatoms. The molecule has 1 nitrogen and oxygen atoms in total. The van der Waals surface area contributed by atoms with Crippen LogP contribution in [-0.2, 0) is 0 Å². The van der Waals surface area contributed by atoms with E-state index in [4.69, 9.17) is 5.73 Å². The predicted molar refractivity (Wildman–Crippen MR) is 71.8 cm³/mol. The van der Waals surface area contributed by atoms with Gasteiger partial charge in [-0.3, -0.25) is 0 Å². The summed E-state index contributed by atoms with van der Waals surface area (Å²) in [6.07, 6.45) is 0. The first kappa shape index (κ1) is 12.3. The fourth-order valence-electron chi connectivity index (χ4n) is 1.80. The fraction of sp³-hybridized carbons (Fsp3) is 0.286. The van der Waals surface area contributed by atoms with Gasteiger partial charge in [0.2, 0.25) is 0 Å². The van der Waals surface area contributed by atoms with Crippen LogP contribution < -0.4 is 5.73 Å². The van der Waals surface area contributed by atoms with Gasteiger partial charge in [0.15, 0.2) is 0 Å². The molecule has 0 saturated carbocycles. The Morgan fingerprint density at radius 1 is 1.18 bits per heavy atom. The first-order valence-electron chi connectivity index (χ1n) is 5.61. The lowest BCUT2D eigenvalue weighted by molar-refractivity contribution is 0.619. The van der Waals surface area contributed by atoms with Crippen LogP contribution in [-0.4, -0.2) is 0 Å². The Bertz CT molecular complexity index is 543. The van der Waals surface area contributed by atoms with E-state index < -0.39 is 0 Å². The minimum atomic E-state index is -0.157. The van der Waals surface area contributed by atoms with E-state index in [2.05, 4.69) is 13.0 Å². The molecule has 0 bridgehead atoms. The highest BCUT2D eigenvalue weighted by molar-refractivity contribution is 7.15. The van der Waals surface area contributed by atoms with E-state index in [1.165, 1.54) is 21.4 Å². The highest BCUT2D eigenvalue weighted by atomic mass is 32.1. The number of hydrogen-bond acceptors (Lipinski definition) is 2. The number of nitrogens with two attached hydrogens (primary N) is 1. The maximum atomic E-state index is 13.2. The number of hydrogen-bond donors (Lipinski definition) is 1. The SMILES string of the molecule is Cc1cc(-c2sc(C(C)N)cc2C)ccc1F. The van der Waals surface area contributed by atoms with Crippen molar-refractivity contribution in [2.75, 3.05) is 0 Å². The standard InChI is InChI=1S/C14H16FNS/c1-8-6-11(4-5-12(8)15)14-9(2)7-13(17-14)10(3)16/h4-7,10H,16H2,1-3H3. The van der Waals surface area contributed by atoms with Crippen molar-refractivity contribution >= 4 is 11.3 Å². The Balaban J connectivity index is 2.49. The molecule has 2 rings (SSSR count). The van der Waals surface area contributed by atoms with Crippen LogP contribution in [0.4, 0.5) is 4.39 Å². The molecule has 1 heterocycles. The molecule has 2 aromatic rings. The van der Waals surface area contributed by atoms with Crippen molar-refractivity contribution in [2.45, 2.75) is 26.8 Å². The summed E-state index contributed by atoms with van der Waals surface area (Å²) in [7, 11) is 0. The number of rotatable bonds is 2. The average molecular weight is 249 g/mol. The normalized spacial score (nSPS) is 12.8. The average Bonchev–Trinajstić information content (AvgIpc) is 2.65. The molecule has 0 spiro atoms. The molecule has 90 valence electrons. The second kappa shape index (κ2) is 4.59.